The van der Waals surface area contributed by atoms with Crippen molar-refractivity contribution in [1.82, 2.24) is 14.7 Å². The van der Waals surface area contributed by atoms with E-state index in [1.54, 1.807) is 25.5 Å². The average Bonchev–Trinajstić information content (AvgIpc) is 2.45. The van der Waals surface area contributed by atoms with Crippen molar-refractivity contribution >= 4 is 28.3 Å². The van der Waals surface area contributed by atoms with Crippen LogP contribution in [0.1, 0.15) is 36.8 Å². The molecule has 134 valence electrons. The number of amides is 2. The maximum absolute atomic E-state index is 11.7. The van der Waals surface area contributed by atoms with Crippen molar-refractivity contribution in [1.29, 1.82) is 0 Å². The summed E-state index contributed by atoms with van der Waals surface area (Å²) in [4.78, 5) is 30.9. The largest absolute Gasteiger partial charge is 0.462 e. The molecule has 0 aliphatic heterocycles. The molecule has 1 heterocycles. The first-order valence-corrected chi connectivity index (χ1v) is 8.54. The van der Waals surface area contributed by atoms with Gasteiger partial charge in [0.15, 0.2) is 0 Å². The lowest BCUT2D eigenvalue weighted by atomic mass is 10.2. The van der Waals surface area contributed by atoms with Crippen LogP contribution >= 0.6 is 0 Å². The molecule has 1 aromatic rings. The van der Waals surface area contributed by atoms with Gasteiger partial charge in [-0.25, -0.2) is 24.3 Å². The van der Waals surface area contributed by atoms with Gasteiger partial charge < -0.3 is 4.74 Å². The van der Waals surface area contributed by atoms with Crippen molar-refractivity contribution in [3.63, 3.8) is 0 Å². The average molecular weight is 360 g/mol. The summed E-state index contributed by atoms with van der Waals surface area (Å²) in [6.45, 7) is 6.85. The lowest BCUT2D eigenvalue weighted by Crippen LogP contribution is -2.36. The second kappa shape index (κ2) is 8.55. The fraction of sp³-hybridized carbons (Fsp3) is 0.538. The predicted molar refractivity (Wildman–Crippen MR) is 84.6 cm³/mol. The highest BCUT2D eigenvalue weighted by atomic mass is 32.2. The van der Waals surface area contributed by atoms with Crippen LogP contribution in [0.2, 0.25) is 0 Å². The van der Waals surface area contributed by atoms with Gasteiger partial charge in [0.05, 0.1) is 24.5 Å². The van der Waals surface area contributed by atoms with Crippen LogP contribution in [-0.4, -0.2) is 43.6 Å². The predicted octanol–water partition coefficient (Wildman–Crippen LogP) is 1.00. The molecule has 24 heavy (non-hydrogen) atoms. The molecule has 0 aliphatic rings. The highest BCUT2D eigenvalue weighted by molar-refractivity contribution is 7.85. The van der Waals surface area contributed by atoms with Gasteiger partial charge >= 0.3 is 22.3 Å². The van der Waals surface area contributed by atoms with Crippen molar-refractivity contribution < 1.29 is 26.9 Å². The van der Waals surface area contributed by atoms with Gasteiger partial charge in [-0.15, -0.1) is 0 Å². The molecule has 0 saturated carbocycles. The number of hydrogen-bond donors (Lipinski definition) is 2. The molecule has 0 unspecified atom stereocenters. The zero-order chi connectivity index (χ0) is 18.3. The van der Waals surface area contributed by atoms with E-state index in [0.29, 0.717) is 0 Å². The monoisotopic (exact) mass is 360 g/mol. The van der Waals surface area contributed by atoms with E-state index in [-0.39, 0.29) is 36.3 Å². The zero-order valence-electron chi connectivity index (χ0n) is 13.8. The van der Waals surface area contributed by atoms with Gasteiger partial charge in [-0.3, -0.25) is 9.50 Å². The SMILES string of the molecule is CCOC(=O)c1cnc(NC(=O)NS(=O)(=O)OCC(C)C)nc1C. The number of esters is 1. The molecule has 0 saturated heterocycles. The van der Waals surface area contributed by atoms with Gasteiger partial charge in [0.25, 0.3) is 0 Å². The summed E-state index contributed by atoms with van der Waals surface area (Å²) in [5.74, 6) is -0.779. The highest BCUT2D eigenvalue weighted by Gasteiger charge is 2.18. The van der Waals surface area contributed by atoms with Gasteiger partial charge in [-0.2, -0.15) is 8.42 Å². The van der Waals surface area contributed by atoms with Crippen LogP contribution in [0.4, 0.5) is 10.7 Å². The number of carbonyl (C=O) groups is 2. The van der Waals surface area contributed by atoms with Crippen molar-refractivity contribution in [2.24, 2.45) is 5.92 Å². The number of nitrogens with zero attached hydrogens (tertiary/aromatic N) is 2. The van der Waals surface area contributed by atoms with E-state index in [0.717, 1.165) is 0 Å². The van der Waals surface area contributed by atoms with Crippen LogP contribution in [0.15, 0.2) is 6.20 Å². The number of anilines is 1. The van der Waals surface area contributed by atoms with Crippen LogP contribution in [0.25, 0.3) is 0 Å². The first-order chi connectivity index (χ1) is 11.1. The molecule has 1 rings (SSSR count). The maximum atomic E-state index is 11.7. The molecule has 0 fully saturated rings. The number of carbonyl (C=O) groups excluding carboxylic acids is 2. The highest BCUT2D eigenvalue weighted by Crippen LogP contribution is 2.09. The normalized spacial score (nSPS) is 11.2. The molecule has 0 aromatic carbocycles. The van der Waals surface area contributed by atoms with Crippen molar-refractivity contribution in [2.75, 3.05) is 18.5 Å². The Morgan fingerprint density at radius 3 is 2.54 bits per heavy atom. The van der Waals surface area contributed by atoms with Gasteiger partial charge in [-0.1, -0.05) is 13.8 Å². The molecule has 10 nitrogen and oxygen atoms in total. The van der Waals surface area contributed by atoms with Gasteiger partial charge in [-0.05, 0) is 19.8 Å². The summed E-state index contributed by atoms with van der Waals surface area (Å²) in [5.41, 5.74) is 0.424. The van der Waals surface area contributed by atoms with Crippen LogP contribution in [-0.2, 0) is 19.2 Å². The molecule has 0 aliphatic carbocycles. The Morgan fingerprint density at radius 2 is 2.00 bits per heavy atom. The van der Waals surface area contributed by atoms with Gasteiger partial charge in [0.2, 0.25) is 5.95 Å². The molecule has 0 bridgehead atoms. The van der Waals surface area contributed by atoms with Gasteiger partial charge in [0.1, 0.15) is 0 Å². The summed E-state index contributed by atoms with van der Waals surface area (Å²) in [6, 6.07) is -1.08. The standard InChI is InChI=1S/C13H20N4O6S/c1-5-22-11(18)10-6-14-12(15-9(10)4)16-13(19)17-24(20,21)23-7-8(2)3/h6,8H,5,7H2,1-4H3,(H2,14,15,16,17,19). The van der Waals surface area contributed by atoms with E-state index in [2.05, 4.69) is 19.5 Å². The van der Waals surface area contributed by atoms with Crippen LogP contribution in [0.3, 0.4) is 0 Å². The smallest absolute Gasteiger partial charge is 0.363 e. The molecule has 1 aromatic heterocycles. The van der Waals surface area contributed by atoms with Crippen LogP contribution < -0.4 is 10.0 Å². The summed E-state index contributed by atoms with van der Waals surface area (Å²) >= 11 is 0. The molecule has 0 atom stereocenters. The third kappa shape index (κ3) is 6.46. The third-order valence-corrected chi connectivity index (χ3v) is 3.36. The maximum Gasteiger partial charge on any atom is 0.363 e. The van der Waals surface area contributed by atoms with E-state index in [1.165, 1.54) is 13.1 Å². The van der Waals surface area contributed by atoms with E-state index < -0.39 is 22.3 Å². The molecule has 2 N–H and O–H groups in total. The number of aryl methyl sites for hydroxylation is 1. The number of urea groups is 1. The van der Waals surface area contributed by atoms with E-state index in [9.17, 15) is 18.0 Å². The number of rotatable bonds is 7. The van der Waals surface area contributed by atoms with Crippen molar-refractivity contribution in [3.05, 3.63) is 17.5 Å². The van der Waals surface area contributed by atoms with E-state index >= 15 is 0 Å². The molecular weight excluding hydrogens is 340 g/mol. The minimum Gasteiger partial charge on any atom is -0.462 e. The Hall–Kier alpha value is -2.27. The first kappa shape index (κ1) is 19.8. The van der Waals surface area contributed by atoms with Crippen molar-refractivity contribution in [3.8, 4) is 0 Å². The van der Waals surface area contributed by atoms with Crippen molar-refractivity contribution in [2.45, 2.75) is 27.7 Å². The summed E-state index contributed by atoms with van der Waals surface area (Å²) in [6.07, 6.45) is 1.18. The molecular formula is C13H20N4O6S. The molecule has 0 radical (unpaired) electrons. The second-order valence-corrected chi connectivity index (χ2v) is 6.45. The number of nitrogens with one attached hydrogen (secondary N) is 2. The minimum atomic E-state index is -4.23. The van der Waals surface area contributed by atoms with E-state index in [4.69, 9.17) is 4.74 Å². The summed E-state index contributed by atoms with van der Waals surface area (Å²) in [5, 5.41) is 2.14. The topological polar surface area (TPSA) is 137 Å². The lowest BCUT2D eigenvalue weighted by Gasteiger charge is -2.10. The minimum absolute atomic E-state index is 0.0222. The first-order valence-electron chi connectivity index (χ1n) is 7.13. The summed E-state index contributed by atoms with van der Waals surface area (Å²) in [7, 11) is -4.23. The Labute approximate surface area is 140 Å². The quantitative estimate of drug-likeness (QED) is 0.687. The number of hydrogen-bond acceptors (Lipinski definition) is 8. The third-order valence-electron chi connectivity index (χ3n) is 2.47. The Kier molecular flexibility index (Phi) is 7.04. The van der Waals surface area contributed by atoms with Gasteiger partial charge in [0, 0.05) is 6.20 Å². The molecule has 2 amide bonds. The van der Waals surface area contributed by atoms with E-state index in [1.807, 2.05) is 0 Å². The Balaban J connectivity index is 2.71. The fourth-order valence-corrected chi connectivity index (χ4v) is 2.22. The molecule has 0 spiro atoms. The van der Waals surface area contributed by atoms with Crippen LogP contribution in [0.5, 0.6) is 0 Å². The van der Waals surface area contributed by atoms with Crippen LogP contribution in [0, 0.1) is 12.8 Å². The lowest BCUT2D eigenvalue weighted by molar-refractivity contribution is 0.0524. The Bertz CT molecular complexity index is 704. The Morgan fingerprint density at radius 1 is 1.33 bits per heavy atom. The molecule has 11 heteroatoms. The zero-order valence-corrected chi connectivity index (χ0v) is 14.6. The second-order valence-electron chi connectivity index (χ2n) is 5.10. The fourth-order valence-electron chi connectivity index (χ4n) is 1.43. The number of ether oxygens (including phenoxy) is 1. The number of aromatic nitrogens is 2. The summed E-state index contributed by atoms with van der Waals surface area (Å²) < 4.78 is 34.1.